The molecule has 0 spiro atoms. The Bertz CT molecular complexity index is 725. The number of ether oxygens (including phenoxy) is 4. The topological polar surface area (TPSA) is 105 Å². The lowest BCUT2D eigenvalue weighted by molar-refractivity contribution is -0.191. The molecule has 0 fully saturated rings. The van der Waals surface area contributed by atoms with E-state index in [9.17, 15) is 19.2 Å². The molecule has 0 amide bonds. The Morgan fingerprint density at radius 2 is 1.91 bits per heavy atom. The van der Waals surface area contributed by atoms with Gasteiger partial charge in [-0.2, -0.15) is 0 Å². The smallest absolute Gasteiger partial charge is 0.373 e. The third kappa shape index (κ3) is 1.70. The van der Waals surface area contributed by atoms with Gasteiger partial charge in [0.2, 0.25) is 0 Å². The maximum atomic E-state index is 12.2. The van der Waals surface area contributed by atoms with Gasteiger partial charge in [0, 0.05) is 0 Å². The summed E-state index contributed by atoms with van der Waals surface area (Å²) in [5.41, 5.74) is -2.08. The zero-order valence-electron chi connectivity index (χ0n) is 11.6. The number of hydrogen-bond acceptors (Lipinski definition) is 8. The fourth-order valence-corrected chi connectivity index (χ4v) is 2.43. The van der Waals surface area contributed by atoms with Crippen LogP contribution in [0.4, 0.5) is 0 Å². The van der Waals surface area contributed by atoms with Gasteiger partial charge in [0.15, 0.2) is 0 Å². The van der Waals surface area contributed by atoms with Crippen LogP contribution < -0.4 is 9.47 Å². The maximum absolute atomic E-state index is 12.2. The molecule has 8 heteroatoms. The lowest BCUT2D eigenvalue weighted by atomic mass is 9.92. The SMILES string of the molecule is COC(=O)C12OC(=O)CC(=O)Oc3c(C)ccc(c31)OC2=O. The van der Waals surface area contributed by atoms with E-state index in [2.05, 4.69) is 4.74 Å². The van der Waals surface area contributed by atoms with Gasteiger partial charge in [-0.05, 0) is 18.6 Å². The Labute approximate surface area is 123 Å². The number of esters is 4. The van der Waals surface area contributed by atoms with Gasteiger partial charge in [-0.25, -0.2) is 9.59 Å². The molecule has 0 radical (unpaired) electrons. The molecule has 8 nitrogen and oxygen atoms in total. The van der Waals surface area contributed by atoms with Crippen molar-refractivity contribution in [2.24, 2.45) is 0 Å². The van der Waals surface area contributed by atoms with Crippen LogP contribution in [0.15, 0.2) is 12.1 Å². The quantitative estimate of drug-likeness (QED) is 0.410. The Balaban J connectivity index is 2.36. The number of rotatable bonds is 1. The molecule has 1 atom stereocenters. The molecule has 1 unspecified atom stereocenters. The first-order chi connectivity index (χ1) is 10.4. The van der Waals surface area contributed by atoms with Crippen molar-refractivity contribution in [2.45, 2.75) is 18.9 Å². The monoisotopic (exact) mass is 306 g/mol. The minimum Gasteiger partial charge on any atom is -0.465 e. The van der Waals surface area contributed by atoms with Gasteiger partial charge in [0.1, 0.15) is 23.5 Å². The normalized spacial score (nSPS) is 22.7. The van der Waals surface area contributed by atoms with E-state index in [1.807, 2.05) is 0 Å². The summed E-state index contributed by atoms with van der Waals surface area (Å²) >= 11 is 0. The van der Waals surface area contributed by atoms with Gasteiger partial charge in [-0.3, -0.25) is 9.59 Å². The van der Waals surface area contributed by atoms with Crippen molar-refractivity contribution in [3.63, 3.8) is 0 Å². The number of hydrogen-bond donors (Lipinski definition) is 0. The fraction of sp³-hybridized carbons (Fsp3) is 0.286. The second-order valence-corrected chi connectivity index (χ2v) is 4.77. The Morgan fingerprint density at radius 3 is 2.59 bits per heavy atom. The maximum Gasteiger partial charge on any atom is 0.373 e. The van der Waals surface area contributed by atoms with E-state index in [1.54, 1.807) is 13.0 Å². The molecular weight excluding hydrogens is 296 g/mol. The largest absolute Gasteiger partial charge is 0.465 e. The highest BCUT2D eigenvalue weighted by Crippen LogP contribution is 2.49. The van der Waals surface area contributed by atoms with Crippen LogP contribution >= 0.6 is 0 Å². The van der Waals surface area contributed by atoms with E-state index in [0.717, 1.165) is 7.11 Å². The molecule has 0 saturated heterocycles. The average Bonchev–Trinajstić information content (AvgIpc) is 2.73. The summed E-state index contributed by atoms with van der Waals surface area (Å²) in [5, 5.41) is 0. The highest BCUT2D eigenvalue weighted by Gasteiger charge is 2.63. The Kier molecular flexibility index (Phi) is 2.91. The lowest BCUT2D eigenvalue weighted by Gasteiger charge is -2.26. The van der Waals surface area contributed by atoms with Gasteiger partial charge in [0.25, 0.3) is 0 Å². The van der Waals surface area contributed by atoms with Gasteiger partial charge < -0.3 is 18.9 Å². The highest BCUT2D eigenvalue weighted by molar-refractivity contribution is 6.12. The number of benzene rings is 1. The van der Waals surface area contributed by atoms with Crippen molar-refractivity contribution in [1.82, 2.24) is 0 Å². The average molecular weight is 306 g/mol. The predicted molar refractivity (Wildman–Crippen MR) is 66.9 cm³/mol. The summed E-state index contributed by atoms with van der Waals surface area (Å²) < 4.78 is 19.7. The molecule has 2 aliphatic rings. The minimum absolute atomic E-state index is 0.0292. The number of aryl methyl sites for hydroxylation is 1. The molecular formula is C14H10O8. The summed E-state index contributed by atoms with van der Waals surface area (Å²) in [7, 11) is 1.04. The molecule has 1 aromatic carbocycles. The van der Waals surface area contributed by atoms with Crippen molar-refractivity contribution < 1.29 is 38.1 Å². The van der Waals surface area contributed by atoms with E-state index < -0.39 is 35.9 Å². The number of carbonyl (C=O) groups excluding carboxylic acids is 4. The number of carbonyl (C=O) groups is 4. The van der Waals surface area contributed by atoms with Crippen LogP contribution in [-0.4, -0.2) is 31.0 Å². The minimum atomic E-state index is -2.41. The molecule has 3 rings (SSSR count). The van der Waals surface area contributed by atoms with Gasteiger partial charge >= 0.3 is 29.5 Å². The Morgan fingerprint density at radius 1 is 1.18 bits per heavy atom. The third-order valence-electron chi connectivity index (χ3n) is 3.40. The van der Waals surface area contributed by atoms with Crippen molar-refractivity contribution >= 4 is 23.9 Å². The van der Waals surface area contributed by atoms with Crippen LogP contribution in [0, 0.1) is 6.92 Å². The van der Waals surface area contributed by atoms with E-state index in [-0.39, 0.29) is 17.1 Å². The highest BCUT2D eigenvalue weighted by atomic mass is 16.6. The molecule has 2 heterocycles. The molecule has 2 aliphatic heterocycles. The first-order valence-electron chi connectivity index (χ1n) is 6.27. The molecule has 0 saturated carbocycles. The summed E-state index contributed by atoms with van der Waals surface area (Å²) in [6.07, 6.45) is -0.741. The molecule has 22 heavy (non-hydrogen) atoms. The zero-order valence-corrected chi connectivity index (χ0v) is 11.6. The van der Waals surface area contributed by atoms with E-state index in [1.165, 1.54) is 6.07 Å². The lowest BCUT2D eigenvalue weighted by Crippen LogP contribution is -2.48. The van der Waals surface area contributed by atoms with E-state index >= 15 is 0 Å². The van der Waals surface area contributed by atoms with Gasteiger partial charge in [-0.15, -0.1) is 0 Å². The van der Waals surface area contributed by atoms with Crippen molar-refractivity contribution in [3.05, 3.63) is 23.3 Å². The summed E-state index contributed by atoms with van der Waals surface area (Å²) in [5.74, 6) is -4.28. The predicted octanol–water partition coefficient (Wildman–Crippen LogP) is 0.135. The van der Waals surface area contributed by atoms with Gasteiger partial charge in [0.05, 0.1) is 7.11 Å². The zero-order chi connectivity index (χ0) is 16.1. The van der Waals surface area contributed by atoms with Crippen LogP contribution in [0.1, 0.15) is 17.5 Å². The van der Waals surface area contributed by atoms with Crippen LogP contribution in [0.2, 0.25) is 0 Å². The molecule has 1 aromatic rings. The summed E-state index contributed by atoms with van der Waals surface area (Å²) in [6, 6.07) is 2.96. The van der Waals surface area contributed by atoms with E-state index in [0.29, 0.717) is 5.56 Å². The third-order valence-corrected chi connectivity index (χ3v) is 3.40. The van der Waals surface area contributed by atoms with Crippen LogP contribution in [0.3, 0.4) is 0 Å². The van der Waals surface area contributed by atoms with Crippen LogP contribution in [0.5, 0.6) is 11.5 Å². The summed E-state index contributed by atoms with van der Waals surface area (Å²) in [4.78, 5) is 47.8. The molecule has 0 aliphatic carbocycles. The molecule has 0 N–H and O–H groups in total. The van der Waals surface area contributed by atoms with E-state index in [4.69, 9.17) is 14.2 Å². The standard InChI is InChI=1S/C14H10O8/c1-6-3-4-7-10-11(6)21-8(15)5-9(16)22-14(10,12(17)19-2)13(18)20-7/h3-4H,5H2,1-2H3. The van der Waals surface area contributed by atoms with Gasteiger partial charge in [-0.1, -0.05) is 6.07 Å². The molecule has 0 aromatic heterocycles. The first-order valence-corrected chi connectivity index (χ1v) is 6.27. The second-order valence-electron chi connectivity index (χ2n) is 4.77. The van der Waals surface area contributed by atoms with Crippen molar-refractivity contribution in [3.8, 4) is 11.5 Å². The second kappa shape index (κ2) is 4.55. The molecule has 0 bridgehead atoms. The van der Waals surface area contributed by atoms with Crippen molar-refractivity contribution in [2.75, 3.05) is 7.11 Å². The van der Waals surface area contributed by atoms with Crippen molar-refractivity contribution in [1.29, 1.82) is 0 Å². The van der Waals surface area contributed by atoms with Crippen LogP contribution in [0.25, 0.3) is 0 Å². The first kappa shape index (κ1) is 14.1. The summed E-state index contributed by atoms with van der Waals surface area (Å²) in [6.45, 7) is 1.61. The Hall–Kier alpha value is -2.90. The fourth-order valence-electron chi connectivity index (χ4n) is 2.43. The van der Waals surface area contributed by atoms with Crippen LogP contribution in [-0.2, 0) is 34.3 Å². The number of methoxy groups -OCH3 is 1. The molecule has 114 valence electrons.